The van der Waals surface area contributed by atoms with E-state index in [1.54, 1.807) is 13.1 Å². The minimum atomic E-state index is -3.73. The molecule has 0 atom stereocenters. The lowest BCUT2D eigenvalue weighted by molar-refractivity contribution is 0.0997. The van der Waals surface area contributed by atoms with Crippen molar-refractivity contribution >= 4 is 49.9 Å². The van der Waals surface area contributed by atoms with E-state index in [9.17, 15) is 22.0 Å². The van der Waals surface area contributed by atoms with Crippen LogP contribution in [-0.2, 0) is 17.1 Å². The number of aromatic nitrogens is 2. The molecule has 1 amide bonds. The molecule has 0 saturated carbocycles. The highest BCUT2D eigenvalue weighted by atomic mass is 127. The summed E-state index contributed by atoms with van der Waals surface area (Å²) in [4.78, 5) is 12.1. The zero-order valence-electron chi connectivity index (χ0n) is 17.3. The van der Waals surface area contributed by atoms with Gasteiger partial charge in [0.1, 0.15) is 27.8 Å². The van der Waals surface area contributed by atoms with Gasteiger partial charge in [0, 0.05) is 29.4 Å². The molecule has 0 saturated heterocycles. The summed E-state index contributed by atoms with van der Waals surface area (Å²) in [5.74, 6) is -2.38. The van der Waals surface area contributed by atoms with Gasteiger partial charge >= 0.3 is 0 Å². The van der Waals surface area contributed by atoms with Crippen LogP contribution in [0, 0.1) is 15.2 Å². The molecule has 4 N–H and O–H groups in total. The smallest absolute Gasteiger partial charge is 0.254 e. The monoisotopic (exact) mass is 591 g/mol. The fourth-order valence-electron chi connectivity index (χ4n) is 2.87. The number of carbonyl (C=O) groups is 1. The van der Waals surface area contributed by atoms with E-state index in [0.717, 1.165) is 12.1 Å². The molecule has 33 heavy (non-hydrogen) atoms. The number of nitrogens with two attached hydrogens (primary N) is 1. The Hall–Kier alpha value is -2.78. The van der Waals surface area contributed by atoms with Crippen LogP contribution in [0.5, 0.6) is 5.75 Å². The molecule has 0 bridgehead atoms. The summed E-state index contributed by atoms with van der Waals surface area (Å²) in [6, 6.07) is 6.35. The first-order valence-electron chi connectivity index (χ1n) is 9.53. The normalized spacial score (nSPS) is 11.4. The molecule has 0 aliphatic rings. The maximum absolute atomic E-state index is 14.2. The molecule has 9 nitrogen and oxygen atoms in total. The summed E-state index contributed by atoms with van der Waals surface area (Å²) >= 11 is 1.94. The predicted octanol–water partition coefficient (Wildman–Crippen LogP) is 2.89. The Kier molecular flexibility index (Phi) is 7.86. The third kappa shape index (κ3) is 6.39. The highest BCUT2D eigenvalue weighted by molar-refractivity contribution is 14.1. The third-order valence-corrected chi connectivity index (χ3v) is 6.46. The number of hydrogen-bond donors (Lipinski definition) is 3. The summed E-state index contributed by atoms with van der Waals surface area (Å²) in [6.45, 7) is -0.0198. The van der Waals surface area contributed by atoms with Crippen LogP contribution in [0.15, 0.2) is 47.6 Å². The molecule has 1 aromatic heterocycles. The van der Waals surface area contributed by atoms with Gasteiger partial charge in [0.2, 0.25) is 10.0 Å². The highest BCUT2D eigenvalue weighted by Crippen LogP contribution is 2.31. The Morgan fingerprint density at radius 1 is 1.24 bits per heavy atom. The van der Waals surface area contributed by atoms with Crippen LogP contribution in [0.4, 0.5) is 20.2 Å². The molecule has 2 aromatic carbocycles. The molecular formula is C20H20F2IN5O4S. The zero-order valence-corrected chi connectivity index (χ0v) is 20.3. The van der Waals surface area contributed by atoms with Gasteiger partial charge in [-0.2, -0.15) is 5.10 Å². The number of benzene rings is 2. The van der Waals surface area contributed by atoms with Gasteiger partial charge in [-0.05, 0) is 53.3 Å². The molecule has 0 aliphatic carbocycles. The van der Waals surface area contributed by atoms with E-state index in [4.69, 9.17) is 10.5 Å². The first kappa shape index (κ1) is 24.9. The van der Waals surface area contributed by atoms with Crippen LogP contribution in [0.1, 0.15) is 16.8 Å². The fourth-order valence-corrected chi connectivity index (χ4v) is 4.38. The lowest BCUT2D eigenvalue weighted by Crippen LogP contribution is -2.25. The van der Waals surface area contributed by atoms with Crippen molar-refractivity contribution in [1.82, 2.24) is 14.5 Å². The molecule has 13 heteroatoms. The number of aryl methyl sites for hydroxylation is 1. The lowest BCUT2D eigenvalue weighted by Gasteiger charge is -2.16. The maximum Gasteiger partial charge on any atom is 0.254 e. The second-order valence-electron chi connectivity index (χ2n) is 6.89. The van der Waals surface area contributed by atoms with Gasteiger partial charge < -0.3 is 15.8 Å². The first-order valence-corrected chi connectivity index (χ1v) is 12.1. The van der Waals surface area contributed by atoms with Gasteiger partial charge in [-0.15, -0.1) is 0 Å². The molecule has 0 spiro atoms. The largest absolute Gasteiger partial charge is 0.493 e. The summed E-state index contributed by atoms with van der Waals surface area (Å²) in [7, 11) is -2.14. The number of primary amides is 1. The molecule has 3 rings (SSSR count). The van der Waals surface area contributed by atoms with Crippen molar-refractivity contribution in [2.24, 2.45) is 12.8 Å². The molecule has 1 heterocycles. The number of carbonyl (C=O) groups excluding carboxylic acids is 1. The summed E-state index contributed by atoms with van der Waals surface area (Å²) < 4.78 is 62.7. The maximum atomic E-state index is 14.2. The topological polar surface area (TPSA) is 128 Å². The molecule has 0 unspecified atom stereocenters. The SMILES string of the molecule is Cn1cc(S(=O)(=O)NCCCOc2cc(F)cc(Nc3ccc(I)cc3F)c2C(N)=O)cn1. The van der Waals surface area contributed by atoms with Gasteiger partial charge in [0.05, 0.1) is 24.2 Å². The molecule has 0 aliphatic heterocycles. The third-order valence-electron chi connectivity index (χ3n) is 4.38. The van der Waals surface area contributed by atoms with E-state index in [2.05, 4.69) is 15.1 Å². The standard InChI is InChI=1S/C20H20F2IN5O4S/c1-28-11-14(10-25-28)33(30,31)26-5-2-6-32-18-8-12(21)7-17(19(18)20(24)29)27-16-4-3-13(23)9-15(16)22/h3-4,7-11,26-27H,2,5-6H2,1H3,(H2,24,29). The molecule has 3 aromatic rings. The predicted molar refractivity (Wildman–Crippen MR) is 126 cm³/mol. The Morgan fingerprint density at radius 3 is 2.64 bits per heavy atom. The average Bonchev–Trinajstić information content (AvgIpc) is 3.16. The van der Waals surface area contributed by atoms with E-state index in [-0.39, 0.29) is 47.2 Å². The molecule has 0 fully saturated rings. The summed E-state index contributed by atoms with van der Waals surface area (Å²) in [5.41, 5.74) is 5.26. The zero-order chi connectivity index (χ0) is 24.2. The second-order valence-corrected chi connectivity index (χ2v) is 9.90. The number of ether oxygens (including phenoxy) is 1. The van der Waals surface area contributed by atoms with E-state index in [1.165, 1.54) is 29.2 Å². The van der Waals surface area contributed by atoms with Gasteiger partial charge in [-0.25, -0.2) is 21.9 Å². The highest BCUT2D eigenvalue weighted by Gasteiger charge is 2.19. The summed E-state index contributed by atoms with van der Waals surface area (Å²) in [5, 5.41) is 6.49. The van der Waals surface area contributed by atoms with Crippen LogP contribution in [0.3, 0.4) is 0 Å². The Morgan fingerprint density at radius 2 is 2.00 bits per heavy atom. The minimum Gasteiger partial charge on any atom is -0.493 e. The van der Waals surface area contributed by atoms with Gasteiger partial charge in [0.25, 0.3) is 5.91 Å². The van der Waals surface area contributed by atoms with Crippen molar-refractivity contribution in [2.45, 2.75) is 11.3 Å². The van der Waals surface area contributed by atoms with E-state index >= 15 is 0 Å². The number of amides is 1. The Bertz CT molecular complexity index is 1280. The van der Waals surface area contributed by atoms with E-state index in [0.29, 0.717) is 3.57 Å². The molecule has 0 radical (unpaired) electrons. The number of nitrogens with one attached hydrogen (secondary N) is 2. The molecular weight excluding hydrogens is 571 g/mol. The van der Waals surface area contributed by atoms with Crippen molar-refractivity contribution in [3.05, 3.63) is 63.5 Å². The summed E-state index contributed by atoms with van der Waals surface area (Å²) in [6.07, 6.45) is 2.79. The van der Waals surface area contributed by atoms with Gasteiger partial charge in [-0.3, -0.25) is 9.48 Å². The van der Waals surface area contributed by atoms with Crippen molar-refractivity contribution < 1.29 is 26.7 Å². The van der Waals surface area contributed by atoms with Crippen molar-refractivity contribution in [3.63, 3.8) is 0 Å². The number of halogens is 3. The number of anilines is 2. The van der Waals surface area contributed by atoms with Crippen LogP contribution in [0.2, 0.25) is 0 Å². The number of nitrogens with zero attached hydrogens (tertiary/aromatic N) is 2. The van der Waals surface area contributed by atoms with Crippen molar-refractivity contribution in [3.8, 4) is 5.75 Å². The van der Waals surface area contributed by atoms with Crippen LogP contribution in [0.25, 0.3) is 0 Å². The van der Waals surface area contributed by atoms with Crippen molar-refractivity contribution in [1.29, 1.82) is 0 Å². The van der Waals surface area contributed by atoms with E-state index < -0.39 is 27.6 Å². The Labute approximate surface area is 202 Å². The van der Waals surface area contributed by atoms with E-state index in [1.807, 2.05) is 22.6 Å². The van der Waals surface area contributed by atoms with Gasteiger partial charge in [-0.1, -0.05) is 0 Å². The van der Waals surface area contributed by atoms with Crippen LogP contribution >= 0.6 is 22.6 Å². The first-order chi connectivity index (χ1) is 15.6. The van der Waals surface area contributed by atoms with Gasteiger partial charge in [0.15, 0.2) is 0 Å². The fraction of sp³-hybridized carbons (Fsp3) is 0.200. The quantitative estimate of drug-likeness (QED) is 0.246. The van der Waals surface area contributed by atoms with Crippen molar-refractivity contribution in [2.75, 3.05) is 18.5 Å². The lowest BCUT2D eigenvalue weighted by atomic mass is 10.1. The average molecular weight is 591 g/mol. The second kappa shape index (κ2) is 10.4. The Balaban J connectivity index is 1.69. The van der Waals surface area contributed by atoms with Crippen LogP contribution < -0.4 is 20.5 Å². The number of rotatable bonds is 10. The minimum absolute atomic E-state index is 0.0191. The van der Waals surface area contributed by atoms with Crippen LogP contribution in [-0.4, -0.2) is 37.3 Å². The number of sulfonamides is 1. The molecule has 176 valence electrons. The number of hydrogen-bond acceptors (Lipinski definition) is 6.